The molecule has 1 aromatic carbocycles. The number of carbonyl (C=O) groups is 1. The lowest BCUT2D eigenvalue weighted by Crippen LogP contribution is -2.40. The second kappa shape index (κ2) is 6.89. The van der Waals surface area contributed by atoms with Crippen LogP contribution in [0, 0.1) is 5.92 Å². The van der Waals surface area contributed by atoms with Gasteiger partial charge in [0.25, 0.3) is 5.91 Å². The second-order valence-corrected chi connectivity index (χ2v) is 6.63. The van der Waals surface area contributed by atoms with Crippen LogP contribution in [-0.4, -0.2) is 23.7 Å². The maximum absolute atomic E-state index is 12.5. The van der Waals surface area contributed by atoms with E-state index in [1.807, 2.05) is 24.3 Å². The Balaban J connectivity index is 2.98. The summed E-state index contributed by atoms with van der Waals surface area (Å²) in [6.07, 6.45) is 0.584. The van der Waals surface area contributed by atoms with Gasteiger partial charge in [0.1, 0.15) is 0 Å². The van der Waals surface area contributed by atoms with Gasteiger partial charge in [0.2, 0.25) is 0 Å². The Hall–Kier alpha value is -1.35. The van der Waals surface area contributed by atoms with E-state index in [0.29, 0.717) is 12.3 Å². The fraction of sp³-hybridized carbons (Fsp3) is 0.588. The van der Waals surface area contributed by atoms with Gasteiger partial charge in [0.15, 0.2) is 0 Å². The minimum absolute atomic E-state index is 0.000486. The number of hydrogen-bond acceptors (Lipinski definition) is 2. The van der Waals surface area contributed by atoms with Gasteiger partial charge in [-0.25, -0.2) is 0 Å². The van der Waals surface area contributed by atoms with Gasteiger partial charge in [-0.15, -0.1) is 0 Å². The quantitative estimate of drug-likeness (QED) is 0.868. The molecule has 1 atom stereocenters. The molecule has 0 radical (unpaired) electrons. The molecular weight excluding hydrogens is 250 g/mol. The fourth-order valence-corrected chi connectivity index (χ4v) is 2.29. The Morgan fingerprint density at radius 2 is 1.85 bits per heavy atom. The molecule has 0 spiro atoms. The van der Waals surface area contributed by atoms with Crippen LogP contribution in [0.3, 0.4) is 0 Å². The molecule has 20 heavy (non-hydrogen) atoms. The summed E-state index contributed by atoms with van der Waals surface area (Å²) in [5.74, 6) is 0.246. The van der Waals surface area contributed by atoms with Gasteiger partial charge < -0.3 is 10.4 Å². The third kappa shape index (κ3) is 4.34. The summed E-state index contributed by atoms with van der Waals surface area (Å²) in [5.41, 5.74) is 1.70. The van der Waals surface area contributed by atoms with E-state index in [9.17, 15) is 4.79 Å². The molecule has 2 N–H and O–H groups in total. The van der Waals surface area contributed by atoms with E-state index in [1.165, 1.54) is 0 Å². The first kappa shape index (κ1) is 16.7. The van der Waals surface area contributed by atoms with Gasteiger partial charge >= 0.3 is 0 Å². The summed E-state index contributed by atoms with van der Waals surface area (Å²) in [5, 5.41) is 12.1. The van der Waals surface area contributed by atoms with Gasteiger partial charge in [-0.05, 0) is 29.4 Å². The standard InChI is InChI=1S/C17H27NO2/c1-12(2)15(10-11-19)18-16(20)13-8-6-7-9-14(13)17(3,4)5/h6-9,12,15,19H,10-11H2,1-5H3,(H,18,20). The average molecular weight is 277 g/mol. The molecule has 0 saturated carbocycles. The van der Waals surface area contributed by atoms with Gasteiger partial charge in [0, 0.05) is 18.2 Å². The molecule has 0 aliphatic carbocycles. The molecule has 1 aromatic rings. The molecule has 0 aliphatic heterocycles. The number of rotatable bonds is 5. The average Bonchev–Trinajstić information content (AvgIpc) is 2.37. The van der Waals surface area contributed by atoms with Gasteiger partial charge in [-0.2, -0.15) is 0 Å². The largest absolute Gasteiger partial charge is 0.396 e. The van der Waals surface area contributed by atoms with E-state index in [2.05, 4.69) is 39.9 Å². The molecule has 0 aliphatic rings. The van der Waals surface area contributed by atoms with Crippen LogP contribution in [0.5, 0.6) is 0 Å². The summed E-state index contributed by atoms with van der Waals surface area (Å²) in [4.78, 5) is 12.5. The smallest absolute Gasteiger partial charge is 0.251 e. The molecule has 0 heterocycles. The van der Waals surface area contributed by atoms with Crippen molar-refractivity contribution in [2.45, 2.75) is 52.5 Å². The molecule has 0 aromatic heterocycles. The predicted octanol–water partition coefficient (Wildman–Crippen LogP) is 3.12. The van der Waals surface area contributed by atoms with Gasteiger partial charge in [-0.1, -0.05) is 52.8 Å². The van der Waals surface area contributed by atoms with Crippen LogP contribution in [0.25, 0.3) is 0 Å². The lowest BCUT2D eigenvalue weighted by atomic mass is 9.83. The number of aliphatic hydroxyl groups excluding tert-OH is 1. The van der Waals surface area contributed by atoms with Gasteiger partial charge in [-0.3, -0.25) is 4.79 Å². The molecular formula is C17H27NO2. The molecule has 3 heteroatoms. The predicted molar refractivity (Wildman–Crippen MR) is 82.9 cm³/mol. The van der Waals surface area contributed by atoms with Crippen molar-refractivity contribution in [1.29, 1.82) is 0 Å². The van der Waals surface area contributed by atoms with Crippen molar-refractivity contribution < 1.29 is 9.90 Å². The Labute approximate surface area is 122 Å². The topological polar surface area (TPSA) is 49.3 Å². The van der Waals surface area contributed by atoms with Crippen molar-refractivity contribution in [2.24, 2.45) is 5.92 Å². The monoisotopic (exact) mass is 277 g/mol. The van der Waals surface area contributed by atoms with Crippen molar-refractivity contribution in [2.75, 3.05) is 6.61 Å². The highest BCUT2D eigenvalue weighted by Crippen LogP contribution is 2.25. The van der Waals surface area contributed by atoms with Crippen molar-refractivity contribution in [3.05, 3.63) is 35.4 Å². The number of amides is 1. The maximum atomic E-state index is 12.5. The van der Waals surface area contributed by atoms with Crippen LogP contribution in [-0.2, 0) is 5.41 Å². The minimum atomic E-state index is -0.0712. The summed E-state index contributed by atoms with van der Waals surface area (Å²) in [6.45, 7) is 10.5. The second-order valence-electron chi connectivity index (χ2n) is 6.63. The third-order valence-electron chi connectivity index (χ3n) is 3.54. The van der Waals surface area contributed by atoms with Crippen molar-refractivity contribution in [1.82, 2.24) is 5.32 Å². The first-order valence-electron chi connectivity index (χ1n) is 7.28. The van der Waals surface area contributed by atoms with Crippen LogP contribution < -0.4 is 5.32 Å². The fourth-order valence-electron chi connectivity index (χ4n) is 2.29. The number of carbonyl (C=O) groups excluding carboxylic acids is 1. The summed E-state index contributed by atoms with van der Waals surface area (Å²) >= 11 is 0. The molecule has 1 rings (SSSR count). The van der Waals surface area contributed by atoms with E-state index in [4.69, 9.17) is 5.11 Å². The van der Waals surface area contributed by atoms with E-state index in [-0.39, 0.29) is 24.0 Å². The molecule has 112 valence electrons. The first-order chi connectivity index (χ1) is 9.27. The Morgan fingerprint density at radius 3 is 2.35 bits per heavy atom. The molecule has 0 saturated heterocycles. The van der Waals surface area contributed by atoms with Crippen LogP contribution in [0.15, 0.2) is 24.3 Å². The third-order valence-corrected chi connectivity index (χ3v) is 3.54. The Kier molecular flexibility index (Phi) is 5.75. The Bertz CT molecular complexity index is 447. The number of hydrogen-bond donors (Lipinski definition) is 2. The van der Waals surface area contributed by atoms with Crippen LogP contribution in [0.2, 0.25) is 0 Å². The highest BCUT2D eigenvalue weighted by atomic mass is 16.3. The SMILES string of the molecule is CC(C)C(CCO)NC(=O)c1ccccc1C(C)(C)C. The van der Waals surface area contributed by atoms with Crippen LogP contribution in [0.1, 0.15) is 57.0 Å². The van der Waals surface area contributed by atoms with Crippen LogP contribution >= 0.6 is 0 Å². The number of nitrogens with one attached hydrogen (secondary N) is 1. The van der Waals surface area contributed by atoms with E-state index >= 15 is 0 Å². The molecule has 3 nitrogen and oxygen atoms in total. The molecule has 1 amide bonds. The highest BCUT2D eigenvalue weighted by Gasteiger charge is 2.23. The van der Waals surface area contributed by atoms with E-state index in [1.54, 1.807) is 0 Å². The summed E-state index contributed by atoms with van der Waals surface area (Å²) in [6, 6.07) is 7.73. The lowest BCUT2D eigenvalue weighted by molar-refractivity contribution is 0.0914. The van der Waals surface area contributed by atoms with Crippen molar-refractivity contribution >= 4 is 5.91 Å². The van der Waals surface area contributed by atoms with Crippen molar-refractivity contribution in [3.63, 3.8) is 0 Å². The van der Waals surface area contributed by atoms with Crippen LogP contribution in [0.4, 0.5) is 0 Å². The summed E-state index contributed by atoms with van der Waals surface area (Å²) < 4.78 is 0. The normalized spacial score (nSPS) is 13.3. The number of benzene rings is 1. The number of aliphatic hydroxyl groups is 1. The lowest BCUT2D eigenvalue weighted by Gasteiger charge is -2.25. The zero-order chi connectivity index (χ0) is 15.3. The highest BCUT2D eigenvalue weighted by molar-refractivity contribution is 5.96. The molecule has 1 unspecified atom stereocenters. The summed E-state index contributed by atoms with van der Waals surface area (Å²) in [7, 11) is 0. The zero-order valence-electron chi connectivity index (χ0n) is 13.2. The van der Waals surface area contributed by atoms with E-state index in [0.717, 1.165) is 11.1 Å². The van der Waals surface area contributed by atoms with Gasteiger partial charge in [0.05, 0.1) is 0 Å². The zero-order valence-corrected chi connectivity index (χ0v) is 13.2. The molecule has 0 fully saturated rings. The minimum Gasteiger partial charge on any atom is -0.396 e. The maximum Gasteiger partial charge on any atom is 0.251 e. The Morgan fingerprint density at radius 1 is 1.25 bits per heavy atom. The van der Waals surface area contributed by atoms with E-state index < -0.39 is 0 Å². The molecule has 0 bridgehead atoms. The first-order valence-corrected chi connectivity index (χ1v) is 7.28. The van der Waals surface area contributed by atoms with Crippen molar-refractivity contribution in [3.8, 4) is 0 Å².